The molecule has 0 radical (unpaired) electrons. The van der Waals surface area contributed by atoms with Crippen molar-refractivity contribution in [1.82, 2.24) is 15.0 Å². The molecule has 8 nitrogen and oxygen atoms in total. The van der Waals surface area contributed by atoms with Crippen LogP contribution in [0.2, 0.25) is 0 Å². The summed E-state index contributed by atoms with van der Waals surface area (Å²) < 4.78 is 0. The van der Waals surface area contributed by atoms with Crippen LogP contribution in [0.3, 0.4) is 0 Å². The summed E-state index contributed by atoms with van der Waals surface area (Å²) in [7, 11) is 0. The highest BCUT2D eigenvalue weighted by Crippen LogP contribution is 2.35. The maximum absolute atomic E-state index is 11.7. The van der Waals surface area contributed by atoms with Crippen LogP contribution in [0.4, 0.5) is 23.1 Å². The fourth-order valence-electron chi connectivity index (χ4n) is 2.92. The van der Waals surface area contributed by atoms with E-state index in [1.165, 1.54) is 6.33 Å². The highest BCUT2D eigenvalue weighted by molar-refractivity contribution is 5.73. The van der Waals surface area contributed by atoms with E-state index in [4.69, 9.17) is 0 Å². The average Bonchev–Trinajstić information content (AvgIpc) is 2.57. The number of nitro groups is 1. The van der Waals surface area contributed by atoms with Gasteiger partial charge < -0.3 is 10.2 Å². The van der Waals surface area contributed by atoms with Gasteiger partial charge in [-0.25, -0.2) is 15.0 Å². The minimum absolute atomic E-state index is 0.103. The van der Waals surface area contributed by atoms with Gasteiger partial charge in [-0.1, -0.05) is 6.07 Å². The first-order valence-corrected chi connectivity index (χ1v) is 8.02. The third-order valence-electron chi connectivity index (χ3n) is 4.22. The smallest absolute Gasteiger partial charge is 0.348 e. The van der Waals surface area contributed by atoms with Gasteiger partial charge in [0.05, 0.1) is 4.92 Å². The summed E-state index contributed by atoms with van der Waals surface area (Å²) in [6.07, 6.45) is 6.20. The van der Waals surface area contributed by atoms with Gasteiger partial charge in [0.25, 0.3) is 0 Å². The predicted molar refractivity (Wildman–Crippen MR) is 91.6 cm³/mol. The molecule has 0 amide bonds. The second-order valence-electron chi connectivity index (χ2n) is 6.04. The van der Waals surface area contributed by atoms with E-state index in [0.29, 0.717) is 11.6 Å². The van der Waals surface area contributed by atoms with Gasteiger partial charge in [-0.05, 0) is 44.7 Å². The summed E-state index contributed by atoms with van der Waals surface area (Å²) in [5.74, 6) is 1.05. The van der Waals surface area contributed by atoms with Crippen molar-refractivity contribution in [2.45, 2.75) is 39.2 Å². The Morgan fingerprint density at radius 3 is 2.79 bits per heavy atom. The van der Waals surface area contributed by atoms with Crippen LogP contribution in [-0.2, 0) is 0 Å². The molecule has 3 rings (SSSR count). The van der Waals surface area contributed by atoms with Crippen molar-refractivity contribution >= 4 is 23.1 Å². The Labute approximate surface area is 140 Å². The van der Waals surface area contributed by atoms with Crippen LogP contribution >= 0.6 is 0 Å². The Bertz CT molecular complexity index is 734. The molecule has 2 aromatic rings. The van der Waals surface area contributed by atoms with Crippen molar-refractivity contribution in [3.63, 3.8) is 0 Å². The van der Waals surface area contributed by atoms with Crippen LogP contribution in [0, 0.1) is 17.0 Å². The average molecular weight is 328 g/mol. The topological polar surface area (TPSA) is 97.1 Å². The lowest BCUT2D eigenvalue weighted by Gasteiger charge is -2.33. The fourth-order valence-corrected chi connectivity index (χ4v) is 2.92. The number of hydrogen-bond donors (Lipinski definition) is 1. The molecular weight excluding hydrogens is 308 g/mol. The SMILES string of the molecule is Cc1ccc(Nc2ncnc(N3CCCCC3C)c2[N+](=O)[O-])nc1. The molecule has 1 aliphatic heterocycles. The van der Waals surface area contributed by atoms with Gasteiger partial charge in [0.1, 0.15) is 12.1 Å². The first-order chi connectivity index (χ1) is 11.6. The molecule has 0 bridgehead atoms. The van der Waals surface area contributed by atoms with Crippen molar-refractivity contribution in [3.8, 4) is 0 Å². The van der Waals surface area contributed by atoms with Gasteiger partial charge in [-0.3, -0.25) is 10.1 Å². The van der Waals surface area contributed by atoms with Crippen LogP contribution in [0.25, 0.3) is 0 Å². The minimum atomic E-state index is -0.423. The van der Waals surface area contributed by atoms with Crippen LogP contribution in [0.15, 0.2) is 24.7 Å². The zero-order chi connectivity index (χ0) is 17.1. The van der Waals surface area contributed by atoms with Crippen LogP contribution in [0.5, 0.6) is 0 Å². The maximum Gasteiger partial charge on any atom is 0.353 e. The normalized spacial score (nSPS) is 17.6. The highest BCUT2D eigenvalue weighted by atomic mass is 16.6. The molecule has 8 heteroatoms. The summed E-state index contributed by atoms with van der Waals surface area (Å²) in [6, 6.07) is 3.87. The van der Waals surface area contributed by atoms with Gasteiger partial charge in [-0.15, -0.1) is 0 Å². The maximum atomic E-state index is 11.7. The summed E-state index contributed by atoms with van der Waals surface area (Å²) in [4.78, 5) is 25.7. The fraction of sp³-hybridized carbons (Fsp3) is 0.438. The summed E-state index contributed by atoms with van der Waals surface area (Å²) >= 11 is 0. The molecule has 2 aromatic heterocycles. The van der Waals surface area contributed by atoms with Crippen LogP contribution < -0.4 is 10.2 Å². The van der Waals surface area contributed by atoms with E-state index in [1.807, 2.05) is 17.9 Å². The lowest BCUT2D eigenvalue weighted by atomic mass is 10.0. The largest absolute Gasteiger partial charge is 0.353 e. The lowest BCUT2D eigenvalue weighted by molar-refractivity contribution is -0.383. The monoisotopic (exact) mass is 328 g/mol. The lowest BCUT2D eigenvalue weighted by Crippen LogP contribution is -2.38. The third-order valence-corrected chi connectivity index (χ3v) is 4.22. The zero-order valence-corrected chi connectivity index (χ0v) is 13.8. The molecular formula is C16H20N6O2. The quantitative estimate of drug-likeness (QED) is 0.679. The molecule has 0 aromatic carbocycles. The van der Waals surface area contributed by atoms with Crippen molar-refractivity contribution in [2.75, 3.05) is 16.8 Å². The molecule has 0 spiro atoms. The van der Waals surface area contributed by atoms with E-state index in [9.17, 15) is 10.1 Å². The molecule has 1 atom stereocenters. The predicted octanol–water partition coefficient (Wildman–Crippen LogP) is 3.21. The Morgan fingerprint density at radius 1 is 1.29 bits per heavy atom. The Morgan fingerprint density at radius 2 is 2.12 bits per heavy atom. The van der Waals surface area contributed by atoms with E-state index in [2.05, 4.69) is 27.2 Å². The van der Waals surface area contributed by atoms with E-state index in [-0.39, 0.29) is 17.5 Å². The first-order valence-electron chi connectivity index (χ1n) is 8.02. The molecule has 1 fully saturated rings. The van der Waals surface area contributed by atoms with E-state index in [0.717, 1.165) is 31.4 Å². The zero-order valence-electron chi connectivity index (χ0n) is 13.8. The van der Waals surface area contributed by atoms with Crippen molar-refractivity contribution in [2.24, 2.45) is 0 Å². The van der Waals surface area contributed by atoms with Crippen molar-refractivity contribution in [1.29, 1.82) is 0 Å². The Hall–Kier alpha value is -2.77. The number of aryl methyl sites for hydroxylation is 1. The van der Waals surface area contributed by atoms with Gasteiger partial charge in [-0.2, -0.15) is 0 Å². The number of rotatable bonds is 4. The molecule has 0 saturated carbocycles. The second kappa shape index (κ2) is 6.77. The molecule has 1 unspecified atom stereocenters. The third kappa shape index (κ3) is 3.27. The number of nitrogens with zero attached hydrogens (tertiary/aromatic N) is 5. The summed E-state index contributed by atoms with van der Waals surface area (Å²) in [5.41, 5.74) is 0.911. The standard InChI is InChI=1S/C16H20N6O2/c1-11-6-7-13(17-9-11)20-15-14(22(23)24)16(19-10-18-15)21-8-4-3-5-12(21)2/h6-7,9-10,12H,3-5,8H2,1-2H3,(H,17,18,19,20). The highest BCUT2D eigenvalue weighted by Gasteiger charge is 2.30. The molecule has 1 aliphatic rings. The van der Waals surface area contributed by atoms with E-state index >= 15 is 0 Å². The molecule has 24 heavy (non-hydrogen) atoms. The summed E-state index contributed by atoms with van der Waals surface area (Å²) in [6.45, 7) is 4.76. The summed E-state index contributed by atoms with van der Waals surface area (Å²) in [5, 5.41) is 14.6. The number of aromatic nitrogens is 3. The molecule has 0 aliphatic carbocycles. The number of hydrogen-bond acceptors (Lipinski definition) is 7. The number of anilines is 3. The van der Waals surface area contributed by atoms with Crippen LogP contribution in [-0.4, -0.2) is 32.5 Å². The van der Waals surface area contributed by atoms with Gasteiger partial charge >= 0.3 is 5.69 Å². The number of piperidine rings is 1. The van der Waals surface area contributed by atoms with E-state index in [1.54, 1.807) is 12.3 Å². The van der Waals surface area contributed by atoms with E-state index < -0.39 is 4.92 Å². The Balaban J connectivity index is 1.98. The first kappa shape index (κ1) is 16.1. The van der Waals surface area contributed by atoms with Crippen molar-refractivity contribution in [3.05, 3.63) is 40.3 Å². The second-order valence-corrected chi connectivity index (χ2v) is 6.04. The van der Waals surface area contributed by atoms with Crippen molar-refractivity contribution < 1.29 is 4.92 Å². The van der Waals surface area contributed by atoms with Gasteiger partial charge in [0.15, 0.2) is 0 Å². The molecule has 1 saturated heterocycles. The molecule has 3 heterocycles. The van der Waals surface area contributed by atoms with Gasteiger partial charge in [0, 0.05) is 18.8 Å². The molecule has 1 N–H and O–H groups in total. The number of pyridine rings is 1. The minimum Gasteiger partial charge on any atom is -0.348 e. The Kier molecular flexibility index (Phi) is 4.54. The van der Waals surface area contributed by atoms with Crippen LogP contribution in [0.1, 0.15) is 31.7 Å². The number of nitrogens with one attached hydrogen (secondary N) is 1. The molecule has 126 valence electrons. The van der Waals surface area contributed by atoms with Gasteiger partial charge in [0.2, 0.25) is 11.6 Å².